The minimum atomic E-state index is -4.37. The molecule has 168 valence electrons. The summed E-state index contributed by atoms with van der Waals surface area (Å²) in [6.45, 7) is 5.45. The molecule has 0 fully saturated rings. The average molecular weight is 462 g/mol. The van der Waals surface area contributed by atoms with Crippen molar-refractivity contribution < 1.29 is 27.8 Å². The molecule has 1 heterocycles. The summed E-state index contributed by atoms with van der Waals surface area (Å²) in [6, 6.07) is 10.4. The fraction of sp³-hybridized carbons (Fsp3) is 0.250. The zero-order chi connectivity index (χ0) is 23.5. The first-order valence-electron chi connectivity index (χ1n) is 9.91. The summed E-state index contributed by atoms with van der Waals surface area (Å²) in [5, 5.41) is 9.81. The first-order valence-corrected chi connectivity index (χ1v) is 10.7. The number of carbonyl (C=O) groups is 1. The number of benzene rings is 2. The number of aliphatic carboxylic acids is 1. The number of hydrogen-bond acceptors (Lipinski definition) is 4. The molecule has 32 heavy (non-hydrogen) atoms. The highest BCUT2D eigenvalue weighted by Gasteiger charge is 2.30. The first kappa shape index (κ1) is 23.5. The van der Waals surface area contributed by atoms with Gasteiger partial charge in [-0.2, -0.15) is 13.2 Å². The number of nitrogens with zero attached hydrogens (tertiary/aromatic N) is 1. The number of thiazole rings is 1. The molecule has 0 aliphatic heterocycles. The molecule has 0 bridgehead atoms. The molecule has 0 amide bonds. The number of ether oxygens (including phenoxy) is 1. The maximum absolute atomic E-state index is 12.8. The van der Waals surface area contributed by atoms with Crippen molar-refractivity contribution in [2.24, 2.45) is 0 Å². The molecule has 1 aromatic heterocycles. The number of alkyl halides is 3. The van der Waals surface area contributed by atoms with Crippen molar-refractivity contribution in [2.75, 3.05) is 0 Å². The van der Waals surface area contributed by atoms with E-state index < -0.39 is 23.8 Å². The molecule has 1 unspecified atom stereocenters. The van der Waals surface area contributed by atoms with Crippen LogP contribution < -0.4 is 4.74 Å². The second-order valence-corrected chi connectivity index (χ2v) is 8.29. The smallest absolute Gasteiger partial charge is 0.416 e. The lowest BCUT2D eigenvalue weighted by atomic mass is 10.1. The monoisotopic (exact) mass is 461 g/mol. The maximum atomic E-state index is 12.8. The van der Waals surface area contributed by atoms with Crippen molar-refractivity contribution >= 4 is 29.5 Å². The molecule has 1 N–H and O–H groups in total. The van der Waals surface area contributed by atoms with Gasteiger partial charge in [-0.1, -0.05) is 31.2 Å². The van der Waals surface area contributed by atoms with E-state index in [-0.39, 0.29) is 0 Å². The molecule has 3 aromatic rings. The Labute approximate surface area is 188 Å². The fourth-order valence-corrected chi connectivity index (χ4v) is 4.00. The second-order valence-electron chi connectivity index (χ2n) is 7.26. The van der Waals surface area contributed by atoms with Gasteiger partial charge >= 0.3 is 12.1 Å². The Kier molecular flexibility index (Phi) is 7.03. The van der Waals surface area contributed by atoms with Gasteiger partial charge in [0.25, 0.3) is 0 Å². The number of carboxylic acids is 1. The molecule has 8 heteroatoms. The maximum Gasteiger partial charge on any atom is 0.416 e. The van der Waals surface area contributed by atoms with Crippen LogP contribution in [-0.2, 0) is 11.0 Å². The van der Waals surface area contributed by atoms with E-state index in [1.54, 1.807) is 13.0 Å². The summed E-state index contributed by atoms with van der Waals surface area (Å²) in [4.78, 5) is 16.6. The third-order valence-corrected chi connectivity index (χ3v) is 6.00. The van der Waals surface area contributed by atoms with Gasteiger partial charge in [-0.15, -0.1) is 11.3 Å². The van der Waals surface area contributed by atoms with Crippen molar-refractivity contribution in [3.05, 3.63) is 69.7 Å². The van der Waals surface area contributed by atoms with Crippen molar-refractivity contribution in [1.29, 1.82) is 0 Å². The van der Waals surface area contributed by atoms with E-state index in [1.807, 2.05) is 38.1 Å². The molecule has 0 radical (unpaired) electrons. The highest BCUT2D eigenvalue weighted by molar-refractivity contribution is 7.16. The summed E-state index contributed by atoms with van der Waals surface area (Å²) in [6.07, 6.45) is -1.08. The van der Waals surface area contributed by atoms with Gasteiger partial charge in [-0.25, -0.2) is 9.78 Å². The van der Waals surface area contributed by atoms with Gasteiger partial charge in [0.05, 0.1) is 16.1 Å². The van der Waals surface area contributed by atoms with Crippen LogP contribution in [0.15, 0.2) is 42.5 Å². The van der Waals surface area contributed by atoms with Crippen LogP contribution in [0.3, 0.4) is 0 Å². The number of rotatable bonds is 7. The summed E-state index contributed by atoms with van der Waals surface area (Å²) in [5.74, 6) is -0.477. The average Bonchev–Trinajstić information content (AvgIpc) is 3.11. The fourth-order valence-electron chi connectivity index (χ4n) is 3.03. The normalized spacial score (nSPS) is 12.8. The molecule has 1 atom stereocenters. The number of carboxylic acid groups (broad SMARTS) is 1. The third kappa shape index (κ3) is 5.56. The van der Waals surface area contributed by atoms with Gasteiger partial charge in [-0.05, 0) is 61.7 Å². The molecule has 0 saturated carbocycles. The Morgan fingerprint density at radius 3 is 2.41 bits per heavy atom. The van der Waals surface area contributed by atoms with Crippen molar-refractivity contribution in [2.45, 2.75) is 39.5 Å². The van der Waals surface area contributed by atoms with Gasteiger partial charge in [0.2, 0.25) is 0 Å². The van der Waals surface area contributed by atoms with Crippen LogP contribution in [0.1, 0.15) is 40.6 Å². The van der Waals surface area contributed by atoms with Crippen LogP contribution in [-0.4, -0.2) is 22.2 Å². The van der Waals surface area contributed by atoms with E-state index in [0.717, 1.165) is 33.8 Å². The topological polar surface area (TPSA) is 59.4 Å². The van der Waals surface area contributed by atoms with Gasteiger partial charge < -0.3 is 9.84 Å². The molecular weight excluding hydrogens is 439 g/mol. The zero-order valence-corrected chi connectivity index (χ0v) is 18.6. The Bertz CT molecular complexity index is 1130. The van der Waals surface area contributed by atoms with E-state index in [2.05, 4.69) is 4.98 Å². The lowest BCUT2D eigenvalue weighted by Gasteiger charge is -2.15. The third-order valence-electron chi connectivity index (χ3n) is 4.83. The highest BCUT2D eigenvalue weighted by Crippen LogP contribution is 2.33. The Hall–Kier alpha value is -3.13. The van der Waals surface area contributed by atoms with Crippen LogP contribution in [0.25, 0.3) is 22.7 Å². The second kappa shape index (κ2) is 9.56. The lowest BCUT2D eigenvalue weighted by molar-refractivity contribution is -0.145. The minimum absolute atomic E-state index is 0.363. The minimum Gasteiger partial charge on any atom is -0.479 e. The van der Waals surface area contributed by atoms with Crippen LogP contribution >= 0.6 is 11.3 Å². The molecule has 0 aliphatic rings. The molecule has 2 aromatic carbocycles. The van der Waals surface area contributed by atoms with Crippen molar-refractivity contribution in [1.82, 2.24) is 4.98 Å². The number of halogens is 3. The van der Waals surface area contributed by atoms with E-state index >= 15 is 0 Å². The molecule has 4 nitrogen and oxygen atoms in total. The number of aryl methyl sites for hydroxylation is 2. The van der Waals surface area contributed by atoms with Crippen LogP contribution in [0, 0.1) is 13.8 Å². The van der Waals surface area contributed by atoms with Crippen LogP contribution in [0.2, 0.25) is 0 Å². The first-order chi connectivity index (χ1) is 15.1. The van der Waals surface area contributed by atoms with Crippen LogP contribution in [0.4, 0.5) is 13.2 Å². The largest absolute Gasteiger partial charge is 0.479 e. The van der Waals surface area contributed by atoms with E-state index in [4.69, 9.17) is 9.84 Å². The summed E-state index contributed by atoms with van der Waals surface area (Å²) in [5.41, 5.74) is 2.45. The van der Waals surface area contributed by atoms with Gasteiger partial charge in [0, 0.05) is 5.56 Å². The zero-order valence-electron chi connectivity index (χ0n) is 17.7. The van der Waals surface area contributed by atoms with E-state index in [1.165, 1.54) is 23.5 Å². The molecule has 0 saturated heterocycles. The Morgan fingerprint density at radius 1 is 1.16 bits per heavy atom. The predicted octanol–water partition coefficient (Wildman–Crippen LogP) is 6.86. The van der Waals surface area contributed by atoms with Gasteiger partial charge in [0.1, 0.15) is 10.8 Å². The van der Waals surface area contributed by atoms with Gasteiger partial charge in [-0.3, -0.25) is 0 Å². The van der Waals surface area contributed by atoms with Crippen molar-refractivity contribution in [3.63, 3.8) is 0 Å². The highest BCUT2D eigenvalue weighted by atomic mass is 32.1. The summed E-state index contributed by atoms with van der Waals surface area (Å²) in [7, 11) is 0. The summed E-state index contributed by atoms with van der Waals surface area (Å²) >= 11 is 1.40. The van der Waals surface area contributed by atoms with Gasteiger partial charge in [0.15, 0.2) is 6.10 Å². The van der Waals surface area contributed by atoms with E-state index in [9.17, 15) is 18.0 Å². The predicted molar refractivity (Wildman–Crippen MR) is 120 cm³/mol. The molecule has 3 rings (SSSR count). The number of hydrogen-bond donors (Lipinski definition) is 1. The molecule has 0 spiro atoms. The lowest BCUT2D eigenvalue weighted by Crippen LogP contribution is -2.26. The van der Waals surface area contributed by atoms with Crippen molar-refractivity contribution in [3.8, 4) is 16.3 Å². The van der Waals surface area contributed by atoms with E-state index in [0.29, 0.717) is 22.7 Å². The SMILES string of the molecule is CCC(Oc1ccc(C=Cc2sc(-c3ccc(C(F)(F)F)cc3)nc2C)cc1C)C(=O)O. The summed E-state index contributed by atoms with van der Waals surface area (Å²) < 4.78 is 43.9. The van der Waals surface area contributed by atoms with Crippen LogP contribution in [0.5, 0.6) is 5.75 Å². The standard InChI is InChI=1S/C24H22F3NO3S/c1-4-19(23(29)30)31-20-11-5-16(13-14(20)2)6-12-21-15(3)28-22(32-21)17-7-9-18(10-8-17)24(25,26)27/h5-13,19H,4H2,1-3H3,(H,29,30). The molecular formula is C24H22F3NO3S. The number of aromatic nitrogens is 1. The Balaban J connectivity index is 1.77. The molecule has 0 aliphatic carbocycles. The quantitative estimate of drug-likeness (QED) is 0.418. The Morgan fingerprint density at radius 2 is 1.84 bits per heavy atom.